The summed E-state index contributed by atoms with van der Waals surface area (Å²) in [5.74, 6) is 0.791. The van der Waals surface area contributed by atoms with Gasteiger partial charge in [0, 0.05) is 24.3 Å². The molecule has 0 spiro atoms. The average molecular weight is 404 g/mol. The number of hydrogen-bond donors (Lipinski definition) is 1. The number of benzene rings is 1. The van der Waals surface area contributed by atoms with Gasteiger partial charge in [-0.25, -0.2) is 9.50 Å². The van der Waals surface area contributed by atoms with Gasteiger partial charge in [0.2, 0.25) is 0 Å². The molecule has 0 saturated carbocycles. The second-order valence-electron chi connectivity index (χ2n) is 8.10. The number of H-pyrrole nitrogens is 1. The number of aromatic nitrogens is 5. The molecule has 3 aromatic heterocycles. The van der Waals surface area contributed by atoms with Crippen molar-refractivity contribution in [3.8, 4) is 22.6 Å². The number of aromatic amines is 1. The topological polar surface area (TPSA) is 92.3 Å². The highest BCUT2D eigenvalue weighted by atomic mass is 16.4. The number of nitrogens with zero attached hydrogens (tertiary/aromatic N) is 5. The zero-order chi connectivity index (χ0) is 20.8. The molecule has 1 saturated heterocycles. The lowest BCUT2D eigenvalue weighted by Crippen LogP contribution is -2.34. The van der Waals surface area contributed by atoms with Gasteiger partial charge in [0.15, 0.2) is 5.65 Å². The molecular weight excluding hydrogens is 380 g/mol. The number of hydrogen-bond acceptors (Lipinski definition) is 6. The standard InChI is InChI=1S/C22H24N6O2/c1-13-8-7-11-27(12-13)22-25-24-20(30-22)18-14(2)23-19-17(16-9-5-4-6-10-16)15(3)26-28(19)21(18)29/h4-6,9-10,13,26H,7-8,11-12H2,1-3H3. The Hall–Kier alpha value is -3.42. The van der Waals surface area contributed by atoms with Crippen molar-refractivity contribution in [2.75, 3.05) is 18.0 Å². The molecule has 8 nitrogen and oxygen atoms in total. The third-order valence-corrected chi connectivity index (χ3v) is 5.76. The summed E-state index contributed by atoms with van der Waals surface area (Å²) >= 11 is 0. The van der Waals surface area contributed by atoms with Gasteiger partial charge in [0.1, 0.15) is 5.56 Å². The first-order valence-corrected chi connectivity index (χ1v) is 10.3. The highest BCUT2D eigenvalue weighted by molar-refractivity contribution is 5.80. The molecule has 5 rings (SSSR count). The van der Waals surface area contributed by atoms with Crippen LogP contribution < -0.4 is 10.5 Å². The van der Waals surface area contributed by atoms with Crippen LogP contribution in [0.4, 0.5) is 6.01 Å². The van der Waals surface area contributed by atoms with Crippen LogP contribution in [0.15, 0.2) is 39.5 Å². The lowest BCUT2D eigenvalue weighted by Gasteiger charge is -2.28. The van der Waals surface area contributed by atoms with Crippen molar-refractivity contribution < 1.29 is 4.42 Å². The molecular formula is C22H24N6O2. The Morgan fingerprint density at radius 3 is 2.70 bits per heavy atom. The molecule has 154 valence electrons. The van der Waals surface area contributed by atoms with E-state index in [-0.39, 0.29) is 11.4 Å². The minimum atomic E-state index is -0.245. The highest BCUT2D eigenvalue weighted by Crippen LogP contribution is 2.29. The average Bonchev–Trinajstić information content (AvgIpc) is 3.33. The van der Waals surface area contributed by atoms with E-state index >= 15 is 0 Å². The van der Waals surface area contributed by atoms with Crippen LogP contribution in [0.5, 0.6) is 0 Å². The fourth-order valence-electron chi connectivity index (χ4n) is 4.29. The Labute approximate surface area is 173 Å². The van der Waals surface area contributed by atoms with Crippen LogP contribution >= 0.6 is 0 Å². The molecule has 0 radical (unpaired) electrons. The largest absolute Gasteiger partial charge is 0.403 e. The van der Waals surface area contributed by atoms with Crippen LogP contribution in [-0.2, 0) is 0 Å². The summed E-state index contributed by atoms with van der Waals surface area (Å²) in [4.78, 5) is 20.2. The molecule has 8 heteroatoms. The van der Waals surface area contributed by atoms with Crippen LogP contribution in [0.25, 0.3) is 28.2 Å². The minimum absolute atomic E-state index is 0.209. The van der Waals surface area contributed by atoms with Gasteiger partial charge in [0.25, 0.3) is 11.4 Å². The first-order chi connectivity index (χ1) is 14.5. The lowest BCUT2D eigenvalue weighted by atomic mass is 10.0. The van der Waals surface area contributed by atoms with Crippen LogP contribution in [0.2, 0.25) is 0 Å². The molecule has 1 N–H and O–H groups in total. The Kier molecular flexibility index (Phi) is 4.42. The van der Waals surface area contributed by atoms with Crippen LogP contribution in [-0.4, -0.2) is 37.9 Å². The SMILES string of the molecule is Cc1nc2c(-c3ccccc3)c(C)[nH]n2c(=O)c1-c1nnc(N2CCCC(C)C2)o1. The van der Waals surface area contributed by atoms with Gasteiger partial charge in [0.05, 0.1) is 5.69 Å². The van der Waals surface area contributed by atoms with Crippen molar-refractivity contribution in [2.24, 2.45) is 5.92 Å². The van der Waals surface area contributed by atoms with E-state index in [1.54, 1.807) is 6.92 Å². The zero-order valence-corrected chi connectivity index (χ0v) is 17.3. The number of piperidine rings is 1. The minimum Gasteiger partial charge on any atom is -0.403 e. The van der Waals surface area contributed by atoms with Gasteiger partial charge < -0.3 is 9.32 Å². The van der Waals surface area contributed by atoms with E-state index in [1.165, 1.54) is 10.9 Å². The fraction of sp³-hybridized carbons (Fsp3) is 0.364. The maximum atomic E-state index is 13.3. The molecule has 30 heavy (non-hydrogen) atoms. The second kappa shape index (κ2) is 7.12. The van der Waals surface area contributed by atoms with Crippen molar-refractivity contribution in [1.29, 1.82) is 0 Å². The Balaban J connectivity index is 1.61. The predicted octanol–water partition coefficient (Wildman–Crippen LogP) is 3.59. The second-order valence-corrected chi connectivity index (χ2v) is 8.10. The maximum absolute atomic E-state index is 13.3. The quantitative estimate of drug-likeness (QED) is 0.561. The molecule has 4 heterocycles. The summed E-state index contributed by atoms with van der Waals surface area (Å²) in [5, 5.41) is 11.5. The van der Waals surface area contributed by atoms with Crippen LogP contribution in [0.1, 0.15) is 31.2 Å². The summed E-state index contributed by atoms with van der Waals surface area (Å²) in [6, 6.07) is 10.4. The van der Waals surface area contributed by atoms with Gasteiger partial charge in [-0.3, -0.25) is 9.89 Å². The fourth-order valence-corrected chi connectivity index (χ4v) is 4.29. The van der Waals surface area contributed by atoms with Gasteiger partial charge in [-0.1, -0.05) is 42.4 Å². The van der Waals surface area contributed by atoms with Crippen LogP contribution in [0, 0.1) is 19.8 Å². The van der Waals surface area contributed by atoms with Gasteiger partial charge in [-0.05, 0) is 38.2 Å². The normalized spacial score (nSPS) is 17.0. The van der Waals surface area contributed by atoms with Gasteiger partial charge >= 0.3 is 6.01 Å². The van der Waals surface area contributed by atoms with E-state index in [0.29, 0.717) is 28.8 Å². The van der Waals surface area contributed by atoms with Crippen molar-refractivity contribution in [3.63, 3.8) is 0 Å². The Morgan fingerprint density at radius 2 is 1.93 bits per heavy atom. The van der Waals surface area contributed by atoms with E-state index in [2.05, 4.69) is 27.1 Å². The lowest BCUT2D eigenvalue weighted by molar-refractivity contribution is 0.418. The number of nitrogens with one attached hydrogen (secondary N) is 1. The molecule has 0 amide bonds. The van der Waals surface area contributed by atoms with Crippen molar-refractivity contribution in [1.82, 2.24) is 24.8 Å². The third kappa shape index (κ3) is 2.99. The molecule has 1 aliphatic heterocycles. The van der Waals surface area contributed by atoms with E-state index in [0.717, 1.165) is 36.3 Å². The highest BCUT2D eigenvalue weighted by Gasteiger charge is 2.25. The first-order valence-electron chi connectivity index (χ1n) is 10.3. The molecule has 1 fully saturated rings. The van der Waals surface area contributed by atoms with Crippen molar-refractivity contribution in [2.45, 2.75) is 33.6 Å². The van der Waals surface area contributed by atoms with E-state index in [9.17, 15) is 4.79 Å². The Bertz CT molecular complexity index is 1270. The molecule has 1 aliphatic rings. The third-order valence-electron chi connectivity index (χ3n) is 5.76. The summed E-state index contributed by atoms with van der Waals surface area (Å²) in [6.07, 6.45) is 2.30. The van der Waals surface area contributed by atoms with Crippen LogP contribution in [0.3, 0.4) is 0 Å². The number of fused-ring (bicyclic) bond motifs is 1. The van der Waals surface area contributed by atoms with E-state index in [4.69, 9.17) is 9.40 Å². The van der Waals surface area contributed by atoms with E-state index in [1.807, 2.05) is 37.3 Å². The van der Waals surface area contributed by atoms with Gasteiger partial charge in [-0.15, -0.1) is 5.10 Å². The predicted molar refractivity (Wildman–Crippen MR) is 115 cm³/mol. The molecule has 1 atom stereocenters. The number of aryl methyl sites for hydroxylation is 2. The summed E-state index contributed by atoms with van der Waals surface area (Å²) < 4.78 is 7.39. The van der Waals surface area contributed by atoms with E-state index < -0.39 is 0 Å². The Morgan fingerprint density at radius 1 is 1.13 bits per heavy atom. The van der Waals surface area contributed by atoms with Crippen molar-refractivity contribution in [3.05, 3.63) is 52.1 Å². The summed E-state index contributed by atoms with van der Waals surface area (Å²) in [5.41, 5.74) is 4.04. The molecule has 1 aromatic carbocycles. The molecule has 4 aromatic rings. The monoisotopic (exact) mass is 404 g/mol. The molecule has 1 unspecified atom stereocenters. The summed E-state index contributed by atoms with van der Waals surface area (Å²) in [6.45, 7) is 7.73. The first kappa shape index (κ1) is 18.6. The van der Waals surface area contributed by atoms with Gasteiger partial charge in [-0.2, -0.15) is 0 Å². The smallest absolute Gasteiger partial charge is 0.318 e. The molecule has 0 bridgehead atoms. The van der Waals surface area contributed by atoms with Crippen molar-refractivity contribution >= 4 is 11.7 Å². The zero-order valence-electron chi connectivity index (χ0n) is 17.3. The molecule has 0 aliphatic carbocycles. The number of rotatable bonds is 3. The number of anilines is 1. The maximum Gasteiger partial charge on any atom is 0.318 e. The summed E-state index contributed by atoms with van der Waals surface area (Å²) in [7, 11) is 0.